The molecule has 17 heavy (non-hydrogen) atoms. The highest BCUT2D eigenvalue weighted by Crippen LogP contribution is 2.23. The lowest BCUT2D eigenvalue weighted by molar-refractivity contribution is 1.15. The standard InChI is InChI=1S/C13H10Cl2IN/c14-10-5-6-11(15)9(7-10)8-17-13-4-2-1-3-12(13)16/h1-7,17H,8H2. The zero-order chi connectivity index (χ0) is 12.3. The molecular weight excluding hydrogens is 368 g/mol. The van der Waals surface area contributed by atoms with Gasteiger partial charge in [-0.15, -0.1) is 0 Å². The van der Waals surface area contributed by atoms with E-state index in [1.807, 2.05) is 30.3 Å². The summed E-state index contributed by atoms with van der Waals surface area (Å²) in [6, 6.07) is 13.6. The molecule has 1 N–H and O–H groups in total. The Morgan fingerprint density at radius 1 is 1.06 bits per heavy atom. The lowest BCUT2D eigenvalue weighted by Gasteiger charge is -2.10. The summed E-state index contributed by atoms with van der Waals surface area (Å²) >= 11 is 14.3. The normalized spacial score (nSPS) is 10.3. The van der Waals surface area contributed by atoms with Crippen LogP contribution in [0.15, 0.2) is 42.5 Å². The van der Waals surface area contributed by atoms with Gasteiger partial charge in [0.25, 0.3) is 0 Å². The summed E-state index contributed by atoms with van der Waals surface area (Å²) in [5.41, 5.74) is 2.10. The summed E-state index contributed by atoms with van der Waals surface area (Å²) < 4.78 is 1.18. The zero-order valence-corrected chi connectivity index (χ0v) is 12.6. The van der Waals surface area contributed by atoms with Crippen molar-refractivity contribution in [1.29, 1.82) is 0 Å². The van der Waals surface area contributed by atoms with Gasteiger partial charge in [-0.2, -0.15) is 0 Å². The Morgan fingerprint density at radius 2 is 1.82 bits per heavy atom. The van der Waals surface area contributed by atoms with Crippen molar-refractivity contribution >= 4 is 51.5 Å². The van der Waals surface area contributed by atoms with Crippen LogP contribution in [0.3, 0.4) is 0 Å². The Bertz CT molecular complexity index is 529. The Kier molecular flexibility index (Phi) is 4.54. The van der Waals surface area contributed by atoms with Crippen LogP contribution in [0.4, 0.5) is 5.69 Å². The Morgan fingerprint density at radius 3 is 2.59 bits per heavy atom. The van der Waals surface area contributed by atoms with E-state index in [1.54, 1.807) is 6.07 Å². The largest absolute Gasteiger partial charge is 0.380 e. The number of rotatable bonds is 3. The second kappa shape index (κ2) is 5.94. The van der Waals surface area contributed by atoms with Crippen molar-refractivity contribution in [3.63, 3.8) is 0 Å². The molecule has 0 atom stereocenters. The first kappa shape index (κ1) is 13.0. The molecule has 2 rings (SSSR count). The van der Waals surface area contributed by atoms with E-state index in [4.69, 9.17) is 23.2 Å². The van der Waals surface area contributed by atoms with Gasteiger partial charge < -0.3 is 5.32 Å². The first-order chi connectivity index (χ1) is 8.16. The first-order valence-corrected chi connectivity index (χ1v) is 6.92. The third-order valence-electron chi connectivity index (χ3n) is 2.35. The predicted molar refractivity (Wildman–Crippen MR) is 82.9 cm³/mol. The van der Waals surface area contributed by atoms with Crippen LogP contribution in [-0.2, 0) is 6.54 Å². The molecule has 2 aromatic carbocycles. The van der Waals surface area contributed by atoms with Gasteiger partial charge in [0.1, 0.15) is 0 Å². The lowest BCUT2D eigenvalue weighted by Crippen LogP contribution is -2.01. The number of anilines is 1. The summed E-state index contributed by atoms with van der Waals surface area (Å²) in [4.78, 5) is 0. The average molecular weight is 378 g/mol. The minimum atomic E-state index is 0.666. The molecule has 88 valence electrons. The number of hydrogen-bond donors (Lipinski definition) is 1. The summed E-state index contributed by atoms with van der Waals surface area (Å²) in [7, 11) is 0. The topological polar surface area (TPSA) is 12.0 Å². The van der Waals surface area contributed by atoms with Gasteiger partial charge in [-0.1, -0.05) is 35.3 Å². The highest BCUT2D eigenvalue weighted by atomic mass is 127. The molecule has 0 saturated heterocycles. The highest BCUT2D eigenvalue weighted by Gasteiger charge is 2.02. The summed E-state index contributed by atoms with van der Waals surface area (Å²) in [6.45, 7) is 0.666. The van der Waals surface area contributed by atoms with Gasteiger partial charge in [0.2, 0.25) is 0 Å². The maximum Gasteiger partial charge on any atom is 0.0478 e. The molecule has 0 saturated carbocycles. The minimum absolute atomic E-state index is 0.666. The Labute approximate surface area is 124 Å². The van der Waals surface area contributed by atoms with E-state index >= 15 is 0 Å². The van der Waals surface area contributed by atoms with Crippen LogP contribution in [0.5, 0.6) is 0 Å². The van der Waals surface area contributed by atoms with Crippen molar-refractivity contribution in [3.05, 3.63) is 61.6 Å². The molecule has 0 radical (unpaired) electrons. The van der Waals surface area contributed by atoms with Crippen LogP contribution in [0, 0.1) is 3.57 Å². The SMILES string of the molecule is Clc1ccc(Cl)c(CNc2ccccc2I)c1. The predicted octanol–water partition coefficient (Wildman–Crippen LogP) is 5.21. The third kappa shape index (κ3) is 3.50. The molecule has 0 spiro atoms. The maximum atomic E-state index is 6.10. The summed E-state index contributed by atoms with van der Waals surface area (Å²) in [5.74, 6) is 0. The van der Waals surface area contributed by atoms with Crippen molar-refractivity contribution in [2.45, 2.75) is 6.54 Å². The van der Waals surface area contributed by atoms with E-state index in [2.05, 4.69) is 34.0 Å². The van der Waals surface area contributed by atoms with Gasteiger partial charge in [0.15, 0.2) is 0 Å². The van der Waals surface area contributed by atoms with Gasteiger partial charge in [-0.05, 0) is 58.5 Å². The fourth-order valence-corrected chi connectivity index (χ4v) is 2.43. The van der Waals surface area contributed by atoms with Crippen molar-refractivity contribution in [1.82, 2.24) is 0 Å². The van der Waals surface area contributed by atoms with Crippen molar-refractivity contribution < 1.29 is 0 Å². The fraction of sp³-hybridized carbons (Fsp3) is 0.0769. The van der Waals surface area contributed by atoms with Gasteiger partial charge >= 0.3 is 0 Å². The molecule has 1 nitrogen and oxygen atoms in total. The Balaban J connectivity index is 2.12. The van der Waals surface area contributed by atoms with Crippen molar-refractivity contribution in [2.75, 3.05) is 5.32 Å². The molecule has 0 unspecified atom stereocenters. The molecule has 0 aromatic heterocycles. The smallest absolute Gasteiger partial charge is 0.0478 e. The number of nitrogens with one attached hydrogen (secondary N) is 1. The van der Waals surface area contributed by atoms with Gasteiger partial charge in [0.05, 0.1) is 0 Å². The van der Waals surface area contributed by atoms with E-state index < -0.39 is 0 Å². The van der Waals surface area contributed by atoms with Crippen LogP contribution in [0.25, 0.3) is 0 Å². The van der Waals surface area contributed by atoms with E-state index in [-0.39, 0.29) is 0 Å². The molecule has 0 heterocycles. The maximum absolute atomic E-state index is 6.10. The highest BCUT2D eigenvalue weighted by molar-refractivity contribution is 14.1. The van der Waals surface area contributed by atoms with E-state index in [1.165, 1.54) is 3.57 Å². The van der Waals surface area contributed by atoms with Crippen molar-refractivity contribution in [2.24, 2.45) is 0 Å². The van der Waals surface area contributed by atoms with Gasteiger partial charge in [-0.3, -0.25) is 0 Å². The van der Waals surface area contributed by atoms with Gasteiger partial charge in [-0.25, -0.2) is 0 Å². The van der Waals surface area contributed by atoms with Gasteiger partial charge in [0, 0.05) is 25.8 Å². The van der Waals surface area contributed by atoms with Crippen LogP contribution >= 0.6 is 45.8 Å². The second-order valence-electron chi connectivity index (χ2n) is 3.57. The Hall–Kier alpha value is -0.450. The molecule has 0 aliphatic heterocycles. The molecule has 0 amide bonds. The molecule has 0 fully saturated rings. The molecule has 0 aliphatic rings. The molecule has 2 aromatic rings. The van der Waals surface area contributed by atoms with Crippen LogP contribution in [-0.4, -0.2) is 0 Å². The van der Waals surface area contributed by atoms with Crippen LogP contribution in [0.2, 0.25) is 10.0 Å². The monoisotopic (exact) mass is 377 g/mol. The number of hydrogen-bond acceptors (Lipinski definition) is 1. The lowest BCUT2D eigenvalue weighted by atomic mass is 10.2. The number of benzene rings is 2. The first-order valence-electron chi connectivity index (χ1n) is 5.09. The number of halogens is 3. The van der Waals surface area contributed by atoms with E-state index in [0.717, 1.165) is 16.3 Å². The quantitative estimate of drug-likeness (QED) is 0.724. The second-order valence-corrected chi connectivity index (χ2v) is 5.57. The fourth-order valence-electron chi connectivity index (χ4n) is 1.47. The van der Waals surface area contributed by atoms with Crippen molar-refractivity contribution in [3.8, 4) is 0 Å². The van der Waals surface area contributed by atoms with E-state index in [0.29, 0.717) is 11.6 Å². The van der Waals surface area contributed by atoms with Crippen LogP contribution in [0.1, 0.15) is 5.56 Å². The molecule has 0 aliphatic carbocycles. The van der Waals surface area contributed by atoms with Crippen LogP contribution < -0.4 is 5.32 Å². The molecule has 0 bridgehead atoms. The average Bonchev–Trinajstić information content (AvgIpc) is 2.32. The summed E-state index contributed by atoms with van der Waals surface area (Å²) in [5, 5.41) is 4.78. The zero-order valence-electron chi connectivity index (χ0n) is 8.88. The summed E-state index contributed by atoms with van der Waals surface area (Å²) in [6.07, 6.45) is 0. The number of para-hydroxylation sites is 1. The van der Waals surface area contributed by atoms with E-state index in [9.17, 15) is 0 Å². The third-order valence-corrected chi connectivity index (χ3v) is 3.90. The minimum Gasteiger partial charge on any atom is -0.380 e. The molecular formula is C13H10Cl2IN. The molecule has 4 heteroatoms.